The average molecular weight is 286 g/mol. The molecule has 0 saturated carbocycles. The minimum atomic E-state index is -0.00132. The molecule has 1 aliphatic rings. The van der Waals surface area contributed by atoms with E-state index in [1.807, 2.05) is 27.7 Å². The van der Waals surface area contributed by atoms with E-state index in [0.29, 0.717) is 0 Å². The van der Waals surface area contributed by atoms with Crippen LogP contribution in [-0.4, -0.2) is 30.2 Å². The van der Waals surface area contributed by atoms with Gasteiger partial charge in [0.15, 0.2) is 0 Å². The van der Waals surface area contributed by atoms with Crippen LogP contribution in [0.2, 0.25) is 0 Å². The number of rotatable bonds is 7. The van der Waals surface area contributed by atoms with Crippen molar-refractivity contribution in [2.45, 2.75) is 86.2 Å². The van der Waals surface area contributed by atoms with Gasteiger partial charge in [0.05, 0.1) is 5.60 Å². The van der Waals surface area contributed by atoms with Crippen molar-refractivity contribution in [2.75, 3.05) is 19.7 Å². The number of likely N-dealkylation sites (tertiary alicyclic amines) is 1. The summed E-state index contributed by atoms with van der Waals surface area (Å²) < 4.78 is 5.83. The summed E-state index contributed by atoms with van der Waals surface area (Å²) in [4.78, 5) is 2.43. The molecule has 0 aliphatic carbocycles. The van der Waals surface area contributed by atoms with Gasteiger partial charge >= 0.3 is 0 Å². The molecule has 0 radical (unpaired) electrons. The molecule has 1 rings (SSSR count). The van der Waals surface area contributed by atoms with Crippen molar-refractivity contribution in [1.29, 1.82) is 0 Å². The maximum atomic E-state index is 5.83. The predicted molar refractivity (Wildman–Crippen MR) is 92.2 cm³/mol. The van der Waals surface area contributed by atoms with E-state index in [1.54, 1.807) is 0 Å². The van der Waals surface area contributed by atoms with Crippen molar-refractivity contribution in [3.63, 3.8) is 0 Å². The van der Waals surface area contributed by atoms with Crippen LogP contribution in [0.15, 0.2) is 12.3 Å². The zero-order valence-electron chi connectivity index (χ0n) is 15.2. The fourth-order valence-corrected chi connectivity index (χ4v) is 2.09. The van der Waals surface area contributed by atoms with Gasteiger partial charge in [0.1, 0.15) is 0 Å². The summed E-state index contributed by atoms with van der Waals surface area (Å²) in [6.07, 6.45) is 5.89. The summed E-state index contributed by atoms with van der Waals surface area (Å²) >= 11 is 0. The molecule has 2 nitrogen and oxygen atoms in total. The Labute approximate surface area is 128 Å². The Morgan fingerprint density at radius 2 is 1.60 bits per heavy atom. The zero-order valence-corrected chi connectivity index (χ0v) is 15.2. The second-order valence-corrected chi connectivity index (χ2v) is 5.37. The fourth-order valence-electron chi connectivity index (χ4n) is 2.09. The van der Waals surface area contributed by atoms with E-state index in [4.69, 9.17) is 4.74 Å². The van der Waals surface area contributed by atoms with Crippen LogP contribution in [0.25, 0.3) is 0 Å². The van der Waals surface area contributed by atoms with Gasteiger partial charge in [-0.15, -0.1) is 0 Å². The van der Waals surface area contributed by atoms with E-state index in [9.17, 15) is 0 Å². The summed E-state index contributed by atoms with van der Waals surface area (Å²) in [6, 6.07) is 0. The lowest BCUT2D eigenvalue weighted by atomic mass is 10.0. The van der Waals surface area contributed by atoms with Crippen LogP contribution in [0, 0.1) is 0 Å². The second-order valence-electron chi connectivity index (χ2n) is 5.37. The molecule has 20 heavy (non-hydrogen) atoms. The molecule has 0 aromatic carbocycles. The number of hydrogen-bond acceptors (Lipinski definition) is 2. The molecule has 122 valence electrons. The molecular formula is C18H39NO. The molecule has 1 fully saturated rings. The number of hydrogen-bond donors (Lipinski definition) is 0. The Balaban J connectivity index is 0. The molecule has 0 atom stereocenters. The van der Waals surface area contributed by atoms with Crippen LogP contribution >= 0.6 is 0 Å². The highest BCUT2D eigenvalue weighted by molar-refractivity contribution is 4.97. The first-order valence-corrected chi connectivity index (χ1v) is 8.62. The van der Waals surface area contributed by atoms with Crippen LogP contribution in [0.5, 0.6) is 0 Å². The van der Waals surface area contributed by atoms with Gasteiger partial charge in [0, 0.05) is 25.4 Å². The van der Waals surface area contributed by atoms with E-state index in [2.05, 4.69) is 32.3 Å². The molecule has 0 unspecified atom stereocenters. The molecule has 0 spiro atoms. The Morgan fingerprint density at radius 3 is 2.05 bits per heavy atom. The third-order valence-corrected chi connectivity index (χ3v) is 3.27. The highest BCUT2D eigenvalue weighted by Crippen LogP contribution is 2.23. The highest BCUT2D eigenvalue weighted by atomic mass is 16.5. The Kier molecular flexibility index (Phi) is 14.7. The maximum absolute atomic E-state index is 5.83. The lowest BCUT2D eigenvalue weighted by Gasteiger charge is -2.28. The molecule has 0 N–H and O–H groups in total. The number of allylic oxidation sites excluding steroid dienone is 1. The first-order chi connectivity index (χ1) is 9.55. The van der Waals surface area contributed by atoms with Crippen LogP contribution < -0.4 is 0 Å². The normalized spacial score (nSPS) is 14.1. The average Bonchev–Trinajstić information content (AvgIpc) is 3.01. The summed E-state index contributed by atoms with van der Waals surface area (Å²) in [5, 5.41) is 0. The van der Waals surface area contributed by atoms with Gasteiger partial charge in [-0.05, 0) is 46.0 Å². The van der Waals surface area contributed by atoms with Crippen LogP contribution in [0.1, 0.15) is 80.6 Å². The highest BCUT2D eigenvalue weighted by Gasteiger charge is 2.20. The summed E-state index contributed by atoms with van der Waals surface area (Å²) in [5.74, 6) is 0. The van der Waals surface area contributed by atoms with Gasteiger partial charge in [-0.3, -0.25) is 0 Å². The second kappa shape index (κ2) is 13.5. The van der Waals surface area contributed by atoms with E-state index < -0.39 is 0 Å². The quantitative estimate of drug-likeness (QED) is 0.600. The summed E-state index contributed by atoms with van der Waals surface area (Å²) in [5.41, 5.74) is 1.30. The molecule has 0 aromatic heterocycles. The maximum Gasteiger partial charge on any atom is 0.0630 e. The van der Waals surface area contributed by atoms with Gasteiger partial charge in [-0.1, -0.05) is 41.2 Å². The van der Waals surface area contributed by atoms with Crippen LogP contribution in [-0.2, 0) is 4.74 Å². The largest absolute Gasteiger partial charge is 0.376 e. The topological polar surface area (TPSA) is 12.5 Å². The summed E-state index contributed by atoms with van der Waals surface area (Å²) in [6.45, 7) is 22.0. The molecule has 1 aliphatic heterocycles. The molecule has 0 bridgehead atoms. The molecule has 0 amide bonds. The minimum absolute atomic E-state index is 0.00132. The lowest BCUT2D eigenvalue weighted by Crippen LogP contribution is -2.26. The molecule has 1 saturated heterocycles. The Hall–Kier alpha value is -0.500. The predicted octanol–water partition coefficient (Wildman–Crippen LogP) is 5.63. The van der Waals surface area contributed by atoms with Gasteiger partial charge in [0.25, 0.3) is 0 Å². The summed E-state index contributed by atoms with van der Waals surface area (Å²) in [7, 11) is 0. The third kappa shape index (κ3) is 10.3. The monoisotopic (exact) mass is 285 g/mol. The molecule has 2 heteroatoms. The SMILES string of the molecule is C=C(CCC(C)(C)OCCC)N1CCCC1.CC.CC. The van der Waals surface area contributed by atoms with E-state index >= 15 is 0 Å². The van der Waals surface area contributed by atoms with E-state index in [-0.39, 0.29) is 5.60 Å². The number of nitrogens with zero attached hydrogens (tertiary/aromatic N) is 1. The zero-order chi connectivity index (χ0) is 16.0. The minimum Gasteiger partial charge on any atom is -0.376 e. The smallest absolute Gasteiger partial charge is 0.0630 e. The van der Waals surface area contributed by atoms with Crippen molar-refractivity contribution in [2.24, 2.45) is 0 Å². The third-order valence-electron chi connectivity index (χ3n) is 3.27. The van der Waals surface area contributed by atoms with Crippen molar-refractivity contribution in [1.82, 2.24) is 4.90 Å². The van der Waals surface area contributed by atoms with Crippen molar-refractivity contribution >= 4 is 0 Å². The Morgan fingerprint density at radius 1 is 1.10 bits per heavy atom. The van der Waals surface area contributed by atoms with Crippen molar-refractivity contribution in [3.8, 4) is 0 Å². The van der Waals surface area contributed by atoms with Gasteiger partial charge in [0.2, 0.25) is 0 Å². The lowest BCUT2D eigenvalue weighted by molar-refractivity contribution is -0.0235. The van der Waals surface area contributed by atoms with Gasteiger partial charge in [-0.2, -0.15) is 0 Å². The van der Waals surface area contributed by atoms with Crippen LogP contribution in [0.3, 0.4) is 0 Å². The van der Waals surface area contributed by atoms with Crippen molar-refractivity contribution < 1.29 is 4.74 Å². The molecule has 0 aromatic rings. The fraction of sp³-hybridized carbons (Fsp3) is 0.889. The molecule has 1 heterocycles. The Bertz CT molecular complexity index is 217. The van der Waals surface area contributed by atoms with E-state index in [0.717, 1.165) is 25.9 Å². The first kappa shape index (κ1) is 21.8. The standard InChI is InChI=1S/C14H27NO.2C2H6/c1-5-12-16-14(3,4)9-8-13(2)15-10-6-7-11-15;2*1-2/h2,5-12H2,1,3-4H3;2*1-2H3. The van der Waals surface area contributed by atoms with Gasteiger partial charge in [-0.25, -0.2) is 0 Å². The molecular weight excluding hydrogens is 246 g/mol. The first-order valence-electron chi connectivity index (χ1n) is 8.62. The van der Waals surface area contributed by atoms with Gasteiger partial charge < -0.3 is 9.64 Å². The van der Waals surface area contributed by atoms with Crippen molar-refractivity contribution in [3.05, 3.63) is 12.3 Å². The van der Waals surface area contributed by atoms with Crippen LogP contribution in [0.4, 0.5) is 0 Å². The van der Waals surface area contributed by atoms with E-state index in [1.165, 1.54) is 31.6 Å². The number of ether oxygens (including phenoxy) is 1.